The molecule has 0 spiro atoms. The Balaban J connectivity index is 1.88. The Morgan fingerprint density at radius 2 is 2.05 bits per heavy atom. The molecule has 19 heavy (non-hydrogen) atoms. The number of rotatable bonds is 4. The average Bonchev–Trinajstić information content (AvgIpc) is 2.98. The highest BCUT2D eigenvalue weighted by Gasteiger charge is 2.15. The standard InChI is InChI=1S/C16H17NO2/c18-10-12-7-8-16(15-6-2-1-5-14(12)15)19-11-13-4-3-9-17-13/h1-2,5-8,10,13,17H,3-4,9,11H2/t13-/m1/s1. The number of ether oxygens (including phenoxy) is 1. The van der Waals surface area contributed by atoms with E-state index < -0.39 is 0 Å². The minimum absolute atomic E-state index is 0.449. The second-order valence-electron chi connectivity index (χ2n) is 4.92. The zero-order chi connectivity index (χ0) is 13.1. The van der Waals surface area contributed by atoms with Crippen LogP contribution in [-0.4, -0.2) is 25.5 Å². The number of hydrogen-bond donors (Lipinski definition) is 1. The molecule has 1 heterocycles. The normalized spacial score (nSPS) is 18.6. The summed E-state index contributed by atoms with van der Waals surface area (Å²) in [7, 11) is 0. The van der Waals surface area contributed by atoms with Gasteiger partial charge in [0.2, 0.25) is 0 Å². The lowest BCUT2D eigenvalue weighted by molar-refractivity contribution is 0.112. The van der Waals surface area contributed by atoms with Crippen LogP contribution < -0.4 is 10.1 Å². The van der Waals surface area contributed by atoms with Crippen molar-refractivity contribution in [2.24, 2.45) is 0 Å². The van der Waals surface area contributed by atoms with Crippen molar-refractivity contribution in [2.45, 2.75) is 18.9 Å². The van der Waals surface area contributed by atoms with Crippen LogP contribution in [-0.2, 0) is 0 Å². The molecule has 3 rings (SSSR count). The summed E-state index contributed by atoms with van der Waals surface area (Å²) in [6.45, 7) is 1.77. The van der Waals surface area contributed by atoms with Gasteiger partial charge >= 0.3 is 0 Å². The van der Waals surface area contributed by atoms with E-state index in [-0.39, 0.29) is 0 Å². The van der Waals surface area contributed by atoms with E-state index in [0.29, 0.717) is 18.2 Å². The molecule has 0 unspecified atom stereocenters. The molecule has 2 aromatic rings. The van der Waals surface area contributed by atoms with Gasteiger partial charge in [-0.1, -0.05) is 24.3 Å². The van der Waals surface area contributed by atoms with Gasteiger partial charge in [0.05, 0.1) is 0 Å². The molecule has 3 heteroatoms. The molecule has 0 bridgehead atoms. The highest BCUT2D eigenvalue weighted by Crippen LogP contribution is 2.28. The van der Waals surface area contributed by atoms with Crippen LogP contribution in [0.2, 0.25) is 0 Å². The Kier molecular flexibility index (Phi) is 3.47. The van der Waals surface area contributed by atoms with Crippen LogP contribution >= 0.6 is 0 Å². The number of hydrogen-bond acceptors (Lipinski definition) is 3. The van der Waals surface area contributed by atoms with Gasteiger partial charge in [-0.2, -0.15) is 0 Å². The van der Waals surface area contributed by atoms with Gasteiger partial charge in [0, 0.05) is 17.0 Å². The van der Waals surface area contributed by atoms with Crippen molar-refractivity contribution >= 4 is 17.1 Å². The van der Waals surface area contributed by atoms with Crippen LogP contribution in [0.25, 0.3) is 10.8 Å². The fourth-order valence-electron chi connectivity index (χ4n) is 2.61. The summed E-state index contributed by atoms with van der Waals surface area (Å²) in [6.07, 6.45) is 3.29. The Morgan fingerprint density at radius 3 is 2.79 bits per heavy atom. The summed E-state index contributed by atoms with van der Waals surface area (Å²) in [6, 6.07) is 12.0. The second kappa shape index (κ2) is 5.41. The highest BCUT2D eigenvalue weighted by atomic mass is 16.5. The van der Waals surface area contributed by atoms with Crippen molar-refractivity contribution < 1.29 is 9.53 Å². The third-order valence-corrected chi connectivity index (χ3v) is 3.65. The Labute approximate surface area is 112 Å². The molecular weight excluding hydrogens is 238 g/mol. The maximum absolute atomic E-state index is 11.0. The third kappa shape index (κ3) is 2.47. The minimum atomic E-state index is 0.449. The molecular formula is C16H17NO2. The summed E-state index contributed by atoms with van der Waals surface area (Å²) in [5.74, 6) is 0.856. The summed E-state index contributed by atoms with van der Waals surface area (Å²) in [5, 5.41) is 5.37. The highest BCUT2D eigenvalue weighted by molar-refractivity contribution is 6.00. The van der Waals surface area contributed by atoms with E-state index >= 15 is 0 Å². The van der Waals surface area contributed by atoms with Crippen molar-refractivity contribution in [3.8, 4) is 5.75 Å². The smallest absolute Gasteiger partial charge is 0.150 e. The molecule has 0 radical (unpaired) electrons. The topological polar surface area (TPSA) is 38.3 Å². The van der Waals surface area contributed by atoms with Gasteiger partial charge in [-0.3, -0.25) is 4.79 Å². The van der Waals surface area contributed by atoms with Crippen molar-refractivity contribution in [1.82, 2.24) is 5.32 Å². The first-order chi connectivity index (χ1) is 9.38. The fourth-order valence-corrected chi connectivity index (χ4v) is 2.61. The summed E-state index contributed by atoms with van der Waals surface area (Å²) in [5.41, 5.74) is 0.710. The summed E-state index contributed by atoms with van der Waals surface area (Å²) in [4.78, 5) is 11.0. The molecule has 0 aromatic heterocycles. The Bertz CT molecular complexity index is 588. The number of nitrogens with one attached hydrogen (secondary N) is 1. The van der Waals surface area contributed by atoms with E-state index in [0.717, 1.165) is 29.4 Å². The van der Waals surface area contributed by atoms with Crippen LogP contribution in [0.5, 0.6) is 5.75 Å². The molecule has 0 amide bonds. The zero-order valence-electron chi connectivity index (χ0n) is 10.8. The van der Waals surface area contributed by atoms with E-state index in [2.05, 4.69) is 5.32 Å². The number of fused-ring (bicyclic) bond motifs is 1. The molecule has 1 fully saturated rings. The Morgan fingerprint density at radius 1 is 1.21 bits per heavy atom. The van der Waals surface area contributed by atoms with E-state index in [9.17, 15) is 4.79 Å². The number of benzene rings is 2. The summed E-state index contributed by atoms with van der Waals surface area (Å²) < 4.78 is 5.92. The SMILES string of the molecule is O=Cc1ccc(OC[C@H]2CCCN2)c2ccccc12. The molecule has 1 aliphatic rings. The van der Waals surface area contributed by atoms with E-state index in [1.807, 2.05) is 36.4 Å². The van der Waals surface area contributed by atoms with Crippen LogP contribution in [0.4, 0.5) is 0 Å². The third-order valence-electron chi connectivity index (χ3n) is 3.65. The second-order valence-corrected chi connectivity index (χ2v) is 4.92. The first kappa shape index (κ1) is 12.2. The fraction of sp³-hybridized carbons (Fsp3) is 0.312. The molecule has 0 saturated carbocycles. The van der Waals surface area contributed by atoms with Crippen molar-refractivity contribution in [1.29, 1.82) is 0 Å². The maximum Gasteiger partial charge on any atom is 0.150 e. The lowest BCUT2D eigenvalue weighted by atomic mass is 10.0. The van der Waals surface area contributed by atoms with Crippen molar-refractivity contribution in [2.75, 3.05) is 13.2 Å². The van der Waals surface area contributed by atoms with Gasteiger partial charge < -0.3 is 10.1 Å². The molecule has 1 N–H and O–H groups in total. The van der Waals surface area contributed by atoms with Gasteiger partial charge in [0.15, 0.2) is 6.29 Å². The predicted octanol–water partition coefficient (Wildman–Crippen LogP) is 2.78. The molecule has 1 atom stereocenters. The zero-order valence-corrected chi connectivity index (χ0v) is 10.8. The van der Waals surface area contributed by atoms with E-state index in [4.69, 9.17) is 4.74 Å². The van der Waals surface area contributed by atoms with Gasteiger partial charge in [-0.05, 0) is 36.9 Å². The lowest BCUT2D eigenvalue weighted by Gasteiger charge is -2.14. The molecule has 2 aromatic carbocycles. The van der Waals surface area contributed by atoms with Crippen LogP contribution in [0.1, 0.15) is 23.2 Å². The minimum Gasteiger partial charge on any atom is -0.491 e. The monoisotopic (exact) mass is 255 g/mol. The number of carbonyl (C=O) groups excluding carboxylic acids is 1. The van der Waals surface area contributed by atoms with Crippen LogP contribution in [0.15, 0.2) is 36.4 Å². The first-order valence-corrected chi connectivity index (χ1v) is 6.71. The quantitative estimate of drug-likeness (QED) is 0.854. The van der Waals surface area contributed by atoms with Crippen molar-refractivity contribution in [3.63, 3.8) is 0 Å². The molecule has 98 valence electrons. The van der Waals surface area contributed by atoms with Crippen LogP contribution in [0.3, 0.4) is 0 Å². The van der Waals surface area contributed by atoms with Gasteiger partial charge in [-0.25, -0.2) is 0 Å². The van der Waals surface area contributed by atoms with Crippen molar-refractivity contribution in [3.05, 3.63) is 42.0 Å². The van der Waals surface area contributed by atoms with Crippen LogP contribution in [0, 0.1) is 0 Å². The van der Waals surface area contributed by atoms with Gasteiger partial charge in [-0.15, -0.1) is 0 Å². The molecule has 1 saturated heterocycles. The Hall–Kier alpha value is -1.87. The first-order valence-electron chi connectivity index (χ1n) is 6.71. The summed E-state index contributed by atoms with van der Waals surface area (Å²) >= 11 is 0. The predicted molar refractivity (Wildman–Crippen MR) is 75.9 cm³/mol. The molecule has 3 nitrogen and oxygen atoms in total. The number of carbonyl (C=O) groups is 1. The lowest BCUT2D eigenvalue weighted by Crippen LogP contribution is -2.28. The molecule has 1 aliphatic heterocycles. The number of aldehydes is 1. The largest absolute Gasteiger partial charge is 0.491 e. The average molecular weight is 255 g/mol. The van der Waals surface area contributed by atoms with E-state index in [1.54, 1.807) is 0 Å². The maximum atomic E-state index is 11.0. The van der Waals surface area contributed by atoms with Gasteiger partial charge in [0.1, 0.15) is 12.4 Å². The van der Waals surface area contributed by atoms with Gasteiger partial charge in [0.25, 0.3) is 0 Å². The molecule has 0 aliphatic carbocycles. The van der Waals surface area contributed by atoms with E-state index in [1.165, 1.54) is 12.8 Å².